The molecule has 1 aromatic heterocycles. The Morgan fingerprint density at radius 1 is 1.59 bits per heavy atom. The zero-order valence-electron chi connectivity index (χ0n) is 10.4. The fourth-order valence-electron chi connectivity index (χ4n) is 1.31. The molecule has 0 aromatic carbocycles. The average molecular weight is 240 g/mol. The Bertz CT molecular complexity index is 313. The number of nitrogens with zero attached hydrogens (tertiary/aromatic N) is 3. The molecule has 0 saturated heterocycles. The Kier molecular flexibility index (Phi) is 6.24. The number of aryl methyl sites for hydroxylation is 1. The summed E-state index contributed by atoms with van der Waals surface area (Å²) in [6, 6.07) is 0. The summed E-state index contributed by atoms with van der Waals surface area (Å²) in [5, 5.41) is 6.80. The summed E-state index contributed by atoms with van der Waals surface area (Å²) in [4.78, 5) is 15.4. The standard InChI is InChI=1S/C11H20N4O2/c1-3-7-17-10(2)11(16)13-5-4-6-15-9-12-8-14-15/h8-10H,3-7H2,1-2H3,(H,13,16)/t10-/m0/s1. The molecule has 0 aliphatic rings. The van der Waals surface area contributed by atoms with Crippen LogP contribution in [-0.2, 0) is 16.1 Å². The monoisotopic (exact) mass is 240 g/mol. The lowest BCUT2D eigenvalue weighted by atomic mass is 10.3. The molecule has 1 heterocycles. The highest BCUT2D eigenvalue weighted by Gasteiger charge is 2.11. The molecule has 6 nitrogen and oxygen atoms in total. The van der Waals surface area contributed by atoms with Gasteiger partial charge >= 0.3 is 0 Å². The largest absolute Gasteiger partial charge is 0.369 e. The van der Waals surface area contributed by atoms with Gasteiger partial charge in [0, 0.05) is 19.7 Å². The van der Waals surface area contributed by atoms with Crippen molar-refractivity contribution in [1.82, 2.24) is 20.1 Å². The lowest BCUT2D eigenvalue weighted by molar-refractivity contribution is -0.131. The predicted molar refractivity (Wildman–Crippen MR) is 63.4 cm³/mol. The van der Waals surface area contributed by atoms with Crippen LogP contribution in [0.25, 0.3) is 0 Å². The fraction of sp³-hybridized carbons (Fsp3) is 0.727. The molecular formula is C11H20N4O2. The van der Waals surface area contributed by atoms with E-state index >= 15 is 0 Å². The molecule has 0 bridgehead atoms. The first-order valence-electron chi connectivity index (χ1n) is 5.95. The van der Waals surface area contributed by atoms with Crippen molar-refractivity contribution in [3.05, 3.63) is 12.7 Å². The maximum atomic E-state index is 11.5. The summed E-state index contributed by atoms with van der Waals surface area (Å²) in [5.74, 6) is -0.0583. The van der Waals surface area contributed by atoms with Crippen molar-refractivity contribution in [3.63, 3.8) is 0 Å². The quantitative estimate of drug-likeness (QED) is 0.676. The molecule has 0 radical (unpaired) electrons. The van der Waals surface area contributed by atoms with Gasteiger partial charge in [0.15, 0.2) is 0 Å². The smallest absolute Gasteiger partial charge is 0.248 e. The van der Waals surface area contributed by atoms with E-state index in [1.165, 1.54) is 6.33 Å². The minimum absolute atomic E-state index is 0.0583. The second-order valence-electron chi connectivity index (χ2n) is 3.82. The SMILES string of the molecule is CCCO[C@@H](C)C(=O)NCCCn1cncn1. The average Bonchev–Trinajstić information content (AvgIpc) is 2.84. The van der Waals surface area contributed by atoms with E-state index < -0.39 is 0 Å². The molecular weight excluding hydrogens is 220 g/mol. The second kappa shape index (κ2) is 7.78. The maximum Gasteiger partial charge on any atom is 0.248 e. The Hall–Kier alpha value is -1.43. The number of carbonyl (C=O) groups is 1. The van der Waals surface area contributed by atoms with E-state index in [0.29, 0.717) is 13.2 Å². The van der Waals surface area contributed by atoms with Crippen molar-refractivity contribution >= 4 is 5.91 Å². The highest BCUT2D eigenvalue weighted by molar-refractivity contribution is 5.80. The molecule has 0 aliphatic heterocycles. The highest BCUT2D eigenvalue weighted by atomic mass is 16.5. The maximum absolute atomic E-state index is 11.5. The van der Waals surface area contributed by atoms with Crippen LogP contribution in [0.3, 0.4) is 0 Å². The Morgan fingerprint density at radius 3 is 3.06 bits per heavy atom. The van der Waals surface area contributed by atoms with Gasteiger partial charge in [-0.05, 0) is 19.8 Å². The zero-order valence-corrected chi connectivity index (χ0v) is 10.4. The van der Waals surface area contributed by atoms with Crippen LogP contribution >= 0.6 is 0 Å². The van der Waals surface area contributed by atoms with Crippen LogP contribution in [0.5, 0.6) is 0 Å². The van der Waals surface area contributed by atoms with Crippen LogP contribution in [0.1, 0.15) is 26.7 Å². The van der Waals surface area contributed by atoms with Gasteiger partial charge in [0.1, 0.15) is 18.8 Å². The topological polar surface area (TPSA) is 69.0 Å². The summed E-state index contributed by atoms with van der Waals surface area (Å²) in [6.07, 6.45) is 4.54. The number of nitrogens with one attached hydrogen (secondary N) is 1. The van der Waals surface area contributed by atoms with Gasteiger partial charge in [0.2, 0.25) is 5.91 Å². The summed E-state index contributed by atoms with van der Waals surface area (Å²) in [6.45, 7) is 5.78. The third-order valence-electron chi connectivity index (χ3n) is 2.27. The zero-order chi connectivity index (χ0) is 12.5. The molecule has 0 aliphatic carbocycles. The van der Waals surface area contributed by atoms with Crippen molar-refractivity contribution in [2.45, 2.75) is 39.3 Å². The van der Waals surface area contributed by atoms with Crippen molar-refractivity contribution in [1.29, 1.82) is 0 Å². The molecule has 0 unspecified atom stereocenters. The predicted octanol–water partition coefficient (Wildman–Crippen LogP) is 0.599. The molecule has 0 fully saturated rings. The van der Waals surface area contributed by atoms with E-state index in [0.717, 1.165) is 19.4 Å². The molecule has 6 heteroatoms. The Labute approximate surface area is 101 Å². The highest BCUT2D eigenvalue weighted by Crippen LogP contribution is 1.93. The number of ether oxygens (including phenoxy) is 1. The van der Waals surface area contributed by atoms with E-state index in [1.54, 1.807) is 17.9 Å². The summed E-state index contributed by atoms with van der Waals surface area (Å²) < 4.78 is 7.06. The normalized spacial score (nSPS) is 12.4. The van der Waals surface area contributed by atoms with Crippen molar-refractivity contribution in [2.24, 2.45) is 0 Å². The molecule has 0 spiro atoms. The van der Waals surface area contributed by atoms with E-state index in [1.807, 2.05) is 6.92 Å². The minimum atomic E-state index is -0.374. The molecule has 96 valence electrons. The molecule has 1 aromatic rings. The first-order valence-corrected chi connectivity index (χ1v) is 5.95. The molecule has 1 N–H and O–H groups in total. The third kappa shape index (κ3) is 5.44. The molecule has 0 saturated carbocycles. The van der Waals surface area contributed by atoms with Crippen molar-refractivity contribution < 1.29 is 9.53 Å². The Morgan fingerprint density at radius 2 is 2.41 bits per heavy atom. The van der Waals surface area contributed by atoms with Gasteiger partial charge in [-0.1, -0.05) is 6.92 Å². The number of rotatable bonds is 8. The molecule has 17 heavy (non-hydrogen) atoms. The van der Waals surface area contributed by atoms with Gasteiger partial charge in [-0.25, -0.2) is 4.98 Å². The van der Waals surface area contributed by atoms with Gasteiger partial charge in [-0.3, -0.25) is 9.48 Å². The van der Waals surface area contributed by atoms with Crippen molar-refractivity contribution in [3.8, 4) is 0 Å². The molecule has 1 atom stereocenters. The van der Waals surface area contributed by atoms with Crippen LogP contribution in [0, 0.1) is 0 Å². The number of hydrogen-bond acceptors (Lipinski definition) is 4. The van der Waals surface area contributed by atoms with E-state index in [4.69, 9.17) is 4.74 Å². The van der Waals surface area contributed by atoms with E-state index in [2.05, 4.69) is 15.4 Å². The van der Waals surface area contributed by atoms with Crippen LogP contribution in [0.4, 0.5) is 0 Å². The van der Waals surface area contributed by atoms with Gasteiger partial charge in [-0.2, -0.15) is 5.10 Å². The molecule has 1 rings (SSSR count). The number of aromatic nitrogens is 3. The lowest BCUT2D eigenvalue weighted by Gasteiger charge is -2.12. The van der Waals surface area contributed by atoms with Gasteiger partial charge < -0.3 is 10.1 Å². The summed E-state index contributed by atoms with van der Waals surface area (Å²) in [7, 11) is 0. The fourth-order valence-corrected chi connectivity index (χ4v) is 1.31. The molecule has 1 amide bonds. The van der Waals surface area contributed by atoms with Gasteiger partial charge in [-0.15, -0.1) is 0 Å². The van der Waals surface area contributed by atoms with Crippen molar-refractivity contribution in [2.75, 3.05) is 13.2 Å². The van der Waals surface area contributed by atoms with E-state index in [-0.39, 0.29) is 12.0 Å². The minimum Gasteiger partial charge on any atom is -0.369 e. The first kappa shape index (κ1) is 13.6. The van der Waals surface area contributed by atoms with Crippen LogP contribution < -0.4 is 5.32 Å². The number of hydrogen-bond donors (Lipinski definition) is 1. The second-order valence-corrected chi connectivity index (χ2v) is 3.82. The number of carbonyl (C=O) groups excluding carboxylic acids is 1. The Balaban J connectivity index is 2.07. The first-order chi connectivity index (χ1) is 8.24. The summed E-state index contributed by atoms with van der Waals surface area (Å²) >= 11 is 0. The lowest BCUT2D eigenvalue weighted by Crippen LogP contribution is -2.35. The van der Waals surface area contributed by atoms with Gasteiger partial charge in [0.25, 0.3) is 0 Å². The summed E-state index contributed by atoms with van der Waals surface area (Å²) in [5.41, 5.74) is 0. The van der Waals surface area contributed by atoms with Gasteiger partial charge in [0.05, 0.1) is 0 Å². The van der Waals surface area contributed by atoms with Crippen LogP contribution in [0.2, 0.25) is 0 Å². The number of amides is 1. The third-order valence-corrected chi connectivity index (χ3v) is 2.27. The van der Waals surface area contributed by atoms with Crippen LogP contribution in [0.15, 0.2) is 12.7 Å². The van der Waals surface area contributed by atoms with E-state index in [9.17, 15) is 4.79 Å². The van der Waals surface area contributed by atoms with Crippen LogP contribution in [-0.4, -0.2) is 39.9 Å².